The Kier molecular flexibility index (Phi) is 42.4. The topological polar surface area (TPSA) is 94.2 Å². The van der Waals surface area contributed by atoms with Crippen molar-refractivity contribution in [2.24, 2.45) is 0 Å². The van der Waals surface area contributed by atoms with Crippen molar-refractivity contribution in [1.29, 1.82) is 0 Å². The maximum absolute atomic E-state index is 13.2. The maximum Gasteiger partial charge on any atom is 0.407 e. The van der Waals surface area contributed by atoms with Crippen LogP contribution in [0, 0.1) is 6.42 Å². The zero-order valence-electron chi connectivity index (χ0n) is 38.7. The van der Waals surface area contributed by atoms with Gasteiger partial charge in [0.2, 0.25) is 0 Å². The van der Waals surface area contributed by atoms with Crippen LogP contribution in [0.25, 0.3) is 0 Å². The number of carbonyl (C=O) groups excluding carboxylic acids is 3. The van der Waals surface area contributed by atoms with E-state index in [1.165, 1.54) is 103 Å². The van der Waals surface area contributed by atoms with Crippen molar-refractivity contribution < 1.29 is 28.6 Å². The molecule has 0 saturated heterocycles. The van der Waals surface area contributed by atoms with E-state index in [2.05, 4.69) is 68.6 Å². The van der Waals surface area contributed by atoms with Crippen molar-refractivity contribution in [1.82, 2.24) is 10.2 Å². The highest BCUT2D eigenvalue weighted by molar-refractivity contribution is 5.70. The number of ether oxygens (including phenoxy) is 3. The van der Waals surface area contributed by atoms with Crippen LogP contribution in [0.1, 0.15) is 227 Å². The summed E-state index contributed by atoms with van der Waals surface area (Å²) >= 11 is 0. The molecule has 8 heteroatoms. The minimum atomic E-state index is -0.456. The van der Waals surface area contributed by atoms with E-state index in [1.807, 2.05) is 7.05 Å². The summed E-state index contributed by atoms with van der Waals surface area (Å²) < 4.78 is 17.5. The lowest BCUT2D eigenvalue weighted by molar-refractivity contribution is -0.160. The maximum atomic E-state index is 13.2. The summed E-state index contributed by atoms with van der Waals surface area (Å²) in [7, 11) is 2.02. The second kappa shape index (κ2) is 44.2. The Bertz CT molecular complexity index is 985. The summed E-state index contributed by atoms with van der Waals surface area (Å²) in [6.07, 6.45) is 42.7. The minimum absolute atomic E-state index is 0.102. The predicted octanol–water partition coefficient (Wildman–Crippen LogP) is 14.0. The number of carbonyl (C=O) groups is 3. The molecule has 0 aromatic heterocycles. The van der Waals surface area contributed by atoms with Crippen molar-refractivity contribution in [2.75, 3.05) is 33.3 Å². The van der Waals surface area contributed by atoms with E-state index in [1.54, 1.807) is 0 Å². The molecule has 8 nitrogen and oxygen atoms in total. The van der Waals surface area contributed by atoms with Gasteiger partial charge in [-0.25, -0.2) is 4.79 Å². The number of hydrogen-bond donors (Lipinski definition) is 1. The molecule has 0 spiro atoms. The van der Waals surface area contributed by atoms with Crippen molar-refractivity contribution in [3.63, 3.8) is 0 Å². The van der Waals surface area contributed by atoms with Crippen LogP contribution in [0.15, 0.2) is 24.3 Å². The Morgan fingerprint density at radius 3 is 1.71 bits per heavy atom. The van der Waals surface area contributed by atoms with Crippen molar-refractivity contribution in [3.05, 3.63) is 30.7 Å². The Labute approximate surface area is 358 Å². The van der Waals surface area contributed by atoms with Gasteiger partial charge in [-0.1, -0.05) is 168 Å². The van der Waals surface area contributed by atoms with Gasteiger partial charge in [0.25, 0.3) is 0 Å². The monoisotopic (exact) mass is 818 g/mol. The van der Waals surface area contributed by atoms with Crippen molar-refractivity contribution in [3.8, 4) is 0 Å². The fourth-order valence-electron chi connectivity index (χ4n) is 6.90. The number of nitrogens with one attached hydrogen (secondary N) is 1. The van der Waals surface area contributed by atoms with Gasteiger partial charge in [-0.15, -0.1) is 0 Å². The average molecular weight is 818 g/mol. The summed E-state index contributed by atoms with van der Waals surface area (Å²) in [6, 6.07) is 0. The summed E-state index contributed by atoms with van der Waals surface area (Å²) in [6.45, 7) is 11.0. The number of esters is 2. The standard InChI is InChI=1S/C50H93N2O6/c1-6-10-13-16-19-21-23-24-25-26-27-29-31-34-37-40-48(53)56-45-47(39-36-33-30-28-22-20-17-14-11-7-2)57-49(54)42-41-46(38-35-32-18-15-12-8-3)58-50(55)51-43-44-52(5)9-4/h11,19,21,24-25,46-47H,6-10,12-18,20,22-23,26-45H2,1-5H3,(H,51,55)/b21-19-,25-24-. The van der Waals surface area contributed by atoms with E-state index >= 15 is 0 Å². The quantitative estimate of drug-likeness (QED) is 0.0283. The van der Waals surface area contributed by atoms with Crippen LogP contribution < -0.4 is 5.32 Å². The van der Waals surface area contributed by atoms with Gasteiger partial charge in [-0.3, -0.25) is 9.59 Å². The first kappa shape index (κ1) is 55.7. The van der Waals surface area contributed by atoms with E-state index in [-0.39, 0.29) is 31.1 Å². The van der Waals surface area contributed by atoms with Crippen LogP contribution in [0.2, 0.25) is 0 Å². The van der Waals surface area contributed by atoms with E-state index < -0.39 is 12.2 Å². The van der Waals surface area contributed by atoms with Gasteiger partial charge in [0, 0.05) is 25.9 Å². The number of allylic oxidation sites excluding steroid dienone is 4. The number of alkyl carbamates (subject to hydrolysis) is 1. The number of amides is 1. The number of likely N-dealkylation sites (N-methyl/N-ethyl adjacent to an activating group) is 1. The first-order chi connectivity index (χ1) is 28.4. The van der Waals surface area contributed by atoms with E-state index in [0.29, 0.717) is 25.8 Å². The lowest BCUT2D eigenvalue weighted by atomic mass is 10.0. The molecule has 339 valence electrons. The molecule has 0 aliphatic carbocycles. The highest BCUT2D eigenvalue weighted by Crippen LogP contribution is 2.18. The second-order valence-electron chi connectivity index (χ2n) is 16.5. The molecule has 0 saturated carbocycles. The molecule has 1 radical (unpaired) electrons. The number of nitrogens with zero attached hydrogens (tertiary/aromatic N) is 1. The van der Waals surface area contributed by atoms with Gasteiger partial charge in [-0.05, 0) is 90.6 Å². The molecular weight excluding hydrogens is 725 g/mol. The van der Waals surface area contributed by atoms with Crippen LogP contribution in [0.5, 0.6) is 0 Å². The van der Waals surface area contributed by atoms with Crippen molar-refractivity contribution >= 4 is 18.0 Å². The van der Waals surface area contributed by atoms with E-state index in [9.17, 15) is 14.4 Å². The van der Waals surface area contributed by atoms with Gasteiger partial charge in [-0.2, -0.15) is 0 Å². The minimum Gasteiger partial charge on any atom is -0.462 e. The Balaban J connectivity index is 4.83. The Hall–Kier alpha value is -2.35. The predicted molar refractivity (Wildman–Crippen MR) is 245 cm³/mol. The normalized spacial score (nSPS) is 12.7. The van der Waals surface area contributed by atoms with Crippen LogP contribution >= 0.6 is 0 Å². The molecule has 0 aromatic carbocycles. The van der Waals surface area contributed by atoms with Crippen LogP contribution in [-0.4, -0.2) is 68.4 Å². The molecule has 0 aromatic rings. The van der Waals surface area contributed by atoms with E-state index in [4.69, 9.17) is 14.2 Å². The first-order valence-electron chi connectivity index (χ1n) is 24.5. The second-order valence-corrected chi connectivity index (χ2v) is 16.5. The molecule has 1 amide bonds. The number of rotatable bonds is 43. The van der Waals surface area contributed by atoms with Crippen LogP contribution in [-0.2, 0) is 23.8 Å². The Morgan fingerprint density at radius 2 is 1.09 bits per heavy atom. The average Bonchev–Trinajstić information content (AvgIpc) is 3.22. The molecule has 2 unspecified atom stereocenters. The molecule has 0 aliphatic rings. The fraction of sp³-hybridized carbons (Fsp3) is 0.840. The zero-order valence-corrected chi connectivity index (χ0v) is 38.7. The molecule has 0 rings (SSSR count). The molecule has 0 fully saturated rings. The molecular formula is C50H93N2O6. The van der Waals surface area contributed by atoms with Crippen LogP contribution in [0.4, 0.5) is 4.79 Å². The molecule has 58 heavy (non-hydrogen) atoms. The summed E-state index contributed by atoms with van der Waals surface area (Å²) in [5.41, 5.74) is 0. The smallest absolute Gasteiger partial charge is 0.407 e. The molecule has 2 atom stereocenters. The van der Waals surface area contributed by atoms with Gasteiger partial charge >= 0.3 is 18.0 Å². The van der Waals surface area contributed by atoms with Gasteiger partial charge in [0.05, 0.1) is 0 Å². The molecule has 0 aliphatic heterocycles. The number of unbranched alkanes of at least 4 members (excludes halogenated alkanes) is 22. The van der Waals surface area contributed by atoms with Gasteiger partial charge in [0.1, 0.15) is 18.8 Å². The number of hydrogen-bond acceptors (Lipinski definition) is 7. The SMILES string of the molecule is CC[CH]CCCCCCCCCC(COC(=O)CCCCCCC/C=C\C/C=C\CCCCC)OC(=O)CCC(CCCCCCCC)OC(=O)NCCN(C)CC. The van der Waals surface area contributed by atoms with Crippen molar-refractivity contribution in [2.45, 2.75) is 239 Å². The highest BCUT2D eigenvalue weighted by atomic mass is 16.6. The third kappa shape index (κ3) is 40.4. The first-order valence-corrected chi connectivity index (χ1v) is 24.5. The summed E-state index contributed by atoms with van der Waals surface area (Å²) in [5.74, 6) is -0.532. The third-order valence-corrected chi connectivity index (χ3v) is 10.9. The summed E-state index contributed by atoms with van der Waals surface area (Å²) in [5, 5.41) is 2.87. The molecule has 0 heterocycles. The zero-order chi connectivity index (χ0) is 42.6. The lowest BCUT2D eigenvalue weighted by Gasteiger charge is -2.21. The summed E-state index contributed by atoms with van der Waals surface area (Å²) in [4.78, 5) is 40.7. The highest BCUT2D eigenvalue weighted by Gasteiger charge is 2.21. The largest absolute Gasteiger partial charge is 0.462 e. The lowest BCUT2D eigenvalue weighted by Crippen LogP contribution is -2.35. The molecule has 0 bridgehead atoms. The molecule has 1 N–H and O–H groups in total. The third-order valence-electron chi connectivity index (χ3n) is 10.9. The van der Waals surface area contributed by atoms with E-state index in [0.717, 1.165) is 83.7 Å². The fourth-order valence-corrected chi connectivity index (χ4v) is 6.90. The van der Waals surface area contributed by atoms with Gasteiger partial charge in [0.15, 0.2) is 0 Å². The Morgan fingerprint density at radius 1 is 0.552 bits per heavy atom. The van der Waals surface area contributed by atoms with Gasteiger partial charge < -0.3 is 24.4 Å². The van der Waals surface area contributed by atoms with Crippen LogP contribution in [0.3, 0.4) is 0 Å².